The van der Waals surface area contributed by atoms with Crippen LogP contribution >= 0.6 is 15.9 Å². The number of sulfonamides is 1. The molecule has 0 N–H and O–H groups in total. The minimum absolute atomic E-state index is 0.0118. The number of hydrogen-bond donors (Lipinski definition) is 0. The van der Waals surface area contributed by atoms with E-state index < -0.39 is 10.0 Å². The maximum atomic E-state index is 12.9. The minimum Gasteiger partial charge on any atom is -0.294 e. The summed E-state index contributed by atoms with van der Waals surface area (Å²) < 4.78 is 28.1. The zero-order chi connectivity index (χ0) is 17.5. The third-order valence-electron chi connectivity index (χ3n) is 4.28. The first kappa shape index (κ1) is 17.3. The molecule has 0 aromatic heterocycles. The van der Waals surface area contributed by atoms with Gasteiger partial charge in [0, 0.05) is 29.5 Å². The van der Waals surface area contributed by atoms with E-state index in [1.807, 2.05) is 26.0 Å². The molecule has 0 fully saturated rings. The summed E-state index contributed by atoms with van der Waals surface area (Å²) >= 11 is 3.46. The molecule has 0 spiro atoms. The van der Waals surface area contributed by atoms with E-state index >= 15 is 0 Å². The Morgan fingerprint density at radius 1 is 1.08 bits per heavy atom. The highest BCUT2D eigenvalue weighted by Gasteiger charge is 2.29. The average molecular weight is 408 g/mol. The lowest BCUT2D eigenvalue weighted by molar-refractivity contribution is 0.0981. The van der Waals surface area contributed by atoms with Crippen molar-refractivity contribution in [1.82, 2.24) is 4.31 Å². The predicted octanol–water partition coefficient (Wildman–Crippen LogP) is 3.84. The zero-order valence-corrected chi connectivity index (χ0v) is 15.9. The van der Waals surface area contributed by atoms with Gasteiger partial charge in [-0.1, -0.05) is 33.6 Å². The van der Waals surface area contributed by atoms with E-state index in [1.165, 1.54) is 4.31 Å². The standard InChI is InChI=1S/C18H18BrNO3S/c1-12-3-5-15(6-4-12)24(22,23)20-8-7-18(21)16-9-13(2)17(19)10-14(16)11-20/h3-6,9-10H,7-8,11H2,1-2H3. The van der Waals surface area contributed by atoms with Crippen molar-refractivity contribution in [3.8, 4) is 0 Å². The van der Waals surface area contributed by atoms with Crippen molar-refractivity contribution in [1.29, 1.82) is 0 Å². The molecule has 0 amide bonds. The molecule has 24 heavy (non-hydrogen) atoms. The maximum Gasteiger partial charge on any atom is 0.243 e. The lowest BCUT2D eigenvalue weighted by Gasteiger charge is -2.20. The van der Waals surface area contributed by atoms with Crippen molar-refractivity contribution < 1.29 is 13.2 Å². The van der Waals surface area contributed by atoms with E-state index in [0.717, 1.165) is 21.2 Å². The van der Waals surface area contributed by atoms with E-state index in [4.69, 9.17) is 0 Å². The molecule has 4 nitrogen and oxygen atoms in total. The average Bonchev–Trinajstić information content (AvgIpc) is 2.69. The Hall–Kier alpha value is -1.50. The number of halogens is 1. The second kappa shape index (κ2) is 6.43. The lowest BCUT2D eigenvalue weighted by Crippen LogP contribution is -2.31. The molecule has 0 aliphatic carbocycles. The topological polar surface area (TPSA) is 54.5 Å². The first-order chi connectivity index (χ1) is 11.3. The van der Waals surface area contributed by atoms with Crippen molar-refractivity contribution in [3.05, 3.63) is 63.1 Å². The molecule has 0 atom stereocenters. The molecule has 2 aromatic carbocycles. The molecule has 0 bridgehead atoms. The predicted molar refractivity (Wildman–Crippen MR) is 96.6 cm³/mol. The van der Waals surface area contributed by atoms with Crippen LogP contribution in [0.1, 0.15) is 33.5 Å². The van der Waals surface area contributed by atoms with Crippen LogP contribution in [0.4, 0.5) is 0 Å². The van der Waals surface area contributed by atoms with Gasteiger partial charge in [0.2, 0.25) is 10.0 Å². The zero-order valence-electron chi connectivity index (χ0n) is 13.5. The summed E-state index contributed by atoms with van der Waals surface area (Å²) in [7, 11) is -3.63. The fourth-order valence-corrected chi connectivity index (χ4v) is 4.62. The fourth-order valence-electron chi connectivity index (χ4n) is 2.81. The number of hydrogen-bond acceptors (Lipinski definition) is 3. The number of benzene rings is 2. The van der Waals surface area contributed by atoms with Crippen LogP contribution < -0.4 is 0 Å². The Balaban J connectivity index is 2.02. The fraction of sp³-hybridized carbons (Fsp3) is 0.278. The molecular formula is C18H18BrNO3S. The van der Waals surface area contributed by atoms with Crippen molar-refractivity contribution >= 4 is 31.7 Å². The summed E-state index contributed by atoms with van der Waals surface area (Å²) in [4.78, 5) is 12.6. The SMILES string of the molecule is Cc1ccc(S(=O)(=O)N2CCC(=O)c3cc(C)c(Br)cc3C2)cc1. The van der Waals surface area contributed by atoms with Crippen LogP contribution in [0.2, 0.25) is 0 Å². The van der Waals surface area contributed by atoms with Crippen molar-refractivity contribution in [2.24, 2.45) is 0 Å². The van der Waals surface area contributed by atoms with E-state index in [2.05, 4.69) is 15.9 Å². The number of fused-ring (bicyclic) bond motifs is 1. The van der Waals surface area contributed by atoms with Crippen molar-refractivity contribution in [2.75, 3.05) is 6.54 Å². The summed E-state index contributed by atoms with van der Waals surface area (Å²) in [5, 5.41) is 0. The summed E-state index contributed by atoms with van der Waals surface area (Å²) in [5.41, 5.74) is 3.34. The quantitative estimate of drug-likeness (QED) is 0.759. The minimum atomic E-state index is -3.63. The summed E-state index contributed by atoms with van der Waals surface area (Å²) in [6.45, 7) is 4.23. The third-order valence-corrected chi connectivity index (χ3v) is 6.99. The van der Waals surface area contributed by atoms with Gasteiger partial charge in [0.1, 0.15) is 0 Å². The summed E-state index contributed by atoms with van der Waals surface area (Å²) in [6.07, 6.45) is 0.194. The monoisotopic (exact) mass is 407 g/mol. The molecule has 126 valence electrons. The second-order valence-electron chi connectivity index (χ2n) is 6.08. The normalized spacial score (nSPS) is 15.9. The van der Waals surface area contributed by atoms with Crippen LogP contribution in [0.25, 0.3) is 0 Å². The van der Waals surface area contributed by atoms with Crippen LogP contribution in [0, 0.1) is 13.8 Å². The maximum absolute atomic E-state index is 12.9. The molecule has 0 radical (unpaired) electrons. The van der Waals surface area contributed by atoms with E-state index in [-0.39, 0.29) is 30.2 Å². The van der Waals surface area contributed by atoms with Crippen molar-refractivity contribution in [3.63, 3.8) is 0 Å². The number of nitrogens with zero attached hydrogens (tertiary/aromatic N) is 1. The Kier molecular flexibility index (Phi) is 4.64. The molecule has 1 heterocycles. The van der Waals surface area contributed by atoms with Gasteiger partial charge >= 0.3 is 0 Å². The number of carbonyl (C=O) groups is 1. The number of ketones is 1. The van der Waals surface area contributed by atoms with Gasteiger partial charge in [-0.2, -0.15) is 4.31 Å². The van der Waals surface area contributed by atoms with Gasteiger partial charge < -0.3 is 0 Å². The van der Waals surface area contributed by atoms with Crippen LogP contribution in [0.15, 0.2) is 45.8 Å². The van der Waals surface area contributed by atoms with E-state index in [0.29, 0.717) is 5.56 Å². The highest BCUT2D eigenvalue weighted by Crippen LogP contribution is 2.28. The van der Waals surface area contributed by atoms with Crippen LogP contribution in [-0.4, -0.2) is 25.1 Å². The van der Waals surface area contributed by atoms with Gasteiger partial charge in [-0.05, 0) is 49.2 Å². The largest absolute Gasteiger partial charge is 0.294 e. The van der Waals surface area contributed by atoms with Crippen LogP contribution in [-0.2, 0) is 16.6 Å². The van der Waals surface area contributed by atoms with Gasteiger partial charge in [-0.3, -0.25) is 4.79 Å². The molecule has 0 saturated heterocycles. The molecule has 3 rings (SSSR count). The van der Waals surface area contributed by atoms with Gasteiger partial charge in [-0.25, -0.2) is 8.42 Å². The summed E-state index contributed by atoms with van der Waals surface area (Å²) in [5.74, 6) is -0.0118. The molecule has 0 saturated carbocycles. The smallest absolute Gasteiger partial charge is 0.243 e. The Morgan fingerprint density at radius 2 is 1.75 bits per heavy atom. The van der Waals surface area contributed by atoms with Gasteiger partial charge in [-0.15, -0.1) is 0 Å². The number of aryl methyl sites for hydroxylation is 2. The molecule has 1 aliphatic heterocycles. The number of rotatable bonds is 2. The third kappa shape index (κ3) is 3.18. The van der Waals surface area contributed by atoms with Crippen LogP contribution in [0.5, 0.6) is 0 Å². The number of carbonyl (C=O) groups excluding carboxylic acids is 1. The first-order valence-corrected chi connectivity index (χ1v) is 9.91. The Morgan fingerprint density at radius 3 is 2.42 bits per heavy atom. The Bertz CT molecular complexity index is 905. The van der Waals surface area contributed by atoms with Gasteiger partial charge in [0.25, 0.3) is 0 Å². The molecule has 1 aliphatic rings. The lowest BCUT2D eigenvalue weighted by atomic mass is 10.0. The van der Waals surface area contributed by atoms with E-state index in [1.54, 1.807) is 24.3 Å². The first-order valence-electron chi connectivity index (χ1n) is 7.68. The Labute approximate surface area is 150 Å². The molecular weight excluding hydrogens is 390 g/mol. The van der Waals surface area contributed by atoms with Gasteiger partial charge in [0.15, 0.2) is 5.78 Å². The van der Waals surface area contributed by atoms with Crippen LogP contribution in [0.3, 0.4) is 0 Å². The van der Waals surface area contributed by atoms with Crippen molar-refractivity contribution in [2.45, 2.75) is 31.7 Å². The highest BCUT2D eigenvalue weighted by molar-refractivity contribution is 9.10. The second-order valence-corrected chi connectivity index (χ2v) is 8.88. The number of Topliss-reactive ketones (excluding diaryl/α,β-unsaturated/α-hetero) is 1. The molecule has 6 heteroatoms. The molecule has 2 aromatic rings. The van der Waals surface area contributed by atoms with Gasteiger partial charge in [0.05, 0.1) is 4.90 Å². The van der Waals surface area contributed by atoms with E-state index in [9.17, 15) is 13.2 Å². The summed E-state index contributed by atoms with van der Waals surface area (Å²) in [6, 6.07) is 10.5. The highest BCUT2D eigenvalue weighted by atomic mass is 79.9. The molecule has 0 unspecified atom stereocenters.